The minimum atomic E-state index is -1.05. The first-order valence-electron chi connectivity index (χ1n) is 14.1. The zero-order chi connectivity index (χ0) is 26.4. The van der Waals surface area contributed by atoms with E-state index in [4.69, 9.17) is 4.74 Å². The van der Waals surface area contributed by atoms with Crippen molar-refractivity contribution >= 4 is 5.91 Å². The van der Waals surface area contributed by atoms with Crippen LogP contribution < -0.4 is 4.74 Å². The number of nitrogens with zero attached hydrogens (tertiary/aromatic N) is 2. The van der Waals surface area contributed by atoms with Gasteiger partial charge in [-0.15, -0.1) is 0 Å². The lowest BCUT2D eigenvalue weighted by atomic mass is 9.48. The second-order valence-corrected chi connectivity index (χ2v) is 12.4. The molecule has 38 heavy (non-hydrogen) atoms. The lowest BCUT2D eigenvalue weighted by Gasteiger charge is -2.64. The van der Waals surface area contributed by atoms with Crippen molar-refractivity contribution in [1.29, 1.82) is 0 Å². The number of carbonyl (C=O) groups is 1. The number of hydrogen-bond donors (Lipinski definition) is 2. The quantitative estimate of drug-likeness (QED) is 0.617. The SMILES string of the molecule is Cc1ccc(C#CC(=O)N(C)[C@@H]2C[C@@H]3Oc4c(O)ccc5c4[C@@]34CCN(CC3CC3)[C@H](C5)[C@]4(O)C2)cc1C. The highest BCUT2D eigenvalue weighted by Crippen LogP contribution is 2.65. The van der Waals surface area contributed by atoms with Gasteiger partial charge in [-0.1, -0.05) is 18.1 Å². The highest BCUT2D eigenvalue weighted by atomic mass is 16.5. The Balaban J connectivity index is 1.23. The van der Waals surface area contributed by atoms with E-state index in [9.17, 15) is 15.0 Å². The molecule has 0 radical (unpaired) electrons. The van der Waals surface area contributed by atoms with Crippen LogP contribution in [0, 0.1) is 31.6 Å². The summed E-state index contributed by atoms with van der Waals surface area (Å²) in [5.41, 5.74) is 3.79. The number of phenols is 1. The minimum Gasteiger partial charge on any atom is -0.504 e. The molecule has 1 amide bonds. The van der Waals surface area contributed by atoms with Crippen LogP contribution in [0.25, 0.3) is 0 Å². The molecule has 198 valence electrons. The van der Waals surface area contributed by atoms with Gasteiger partial charge in [-0.3, -0.25) is 9.69 Å². The van der Waals surface area contributed by atoms with Crippen LogP contribution in [0.3, 0.4) is 0 Å². The van der Waals surface area contributed by atoms with Crippen LogP contribution in [0.5, 0.6) is 11.5 Å². The van der Waals surface area contributed by atoms with Gasteiger partial charge in [0.2, 0.25) is 0 Å². The van der Waals surface area contributed by atoms with E-state index < -0.39 is 11.0 Å². The van der Waals surface area contributed by atoms with Crippen LogP contribution in [0.15, 0.2) is 30.3 Å². The molecule has 2 N–H and O–H groups in total. The average Bonchev–Trinajstić information content (AvgIpc) is 3.64. The second kappa shape index (κ2) is 8.24. The summed E-state index contributed by atoms with van der Waals surface area (Å²) in [5, 5.41) is 23.5. The molecule has 1 saturated heterocycles. The van der Waals surface area contributed by atoms with Gasteiger partial charge in [-0.25, -0.2) is 0 Å². The number of likely N-dealkylation sites (tertiary alicyclic amines) is 1. The predicted molar refractivity (Wildman–Crippen MR) is 144 cm³/mol. The summed E-state index contributed by atoms with van der Waals surface area (Å²) in [6.07, 6.45) is 4.89. The van der Waals surface area contributed by atoms with Crippen molar-refractivity contribution in [2.45, 2.75) is 81.6 Å². The number of aromatic hydroxyl groups is 1. The number of aryl methyl sites for hydroxylation is 2. The lowest BCUT2D eigenvalue weighted by molar-refractivity contribution is -0.198. The molecule has 6 heteroatoms. The van der Waals surface area contributed by atoms with Crippen LogP contribution in [0.4, 0.5) is 0 Å². The van der Waals surface area contributed by atoms with Crippen molar-refractivity contribution in [3.8, 4) is 23.3 Å². The fraction of sp³-hybridized carbons (Fsp3) is 0.531. The number of aliphatic hydroxyl groups is 1. The van der Waals surface area contributed by atoms with Crippen molar-refractivity contribution in [2.24, 2.45) is 5.92 Å². The molecule has 6 nitrogen and oxygen atoms in total. The molecule has 1 spiro atoms. The van der Waals surface area contributed by atoms with Crippen molar-refractivity contribution in [1.82, 2.24) is 9.80 Å². The zero-order valence-corrected chi connectivity index (χ0v) is 22.5. The van der Waals surface area contributed by atoms with E-state index in [1.54, 1.807) is 18.0 Å². The summed E-state index contributed by atoms with van der Waals surface area (Å²) in [4.78, 5) is 17.5. The topological polar surface area (TPSA) is 73.2 Å². The Bertz CT molecular complexity index is 1400. The molecule has 2 aliphatic heterocycles. The molecule has 5 atom stereocenters. The third-order valence-corrected chi connectivity index (χ3v) is 10.4. The summed E-state index contributed by atoms with van der Waals surface area (Å²) in [5.74, 6) is 7.06. The summed E-state index contributed by atoms with van der Waals surface area (Å²) >= 11 is 0. The predicted octanol–water partition coefficient (Wildman–Crippen LogP) is 3.45. The number of benzene rings is 2. The van der Waals surface area contributed by atoms with Gasteiger partial charge < -0.3 is 19.8 Å². The maximum absolute atomic E-state index is 13.3. The van der Waals surface area contributed by atoms with Gasteiger partial charge in [0, 0.05) is 49.1 Å². The van der Waals surface area contributed by atoms with Crippen LogP contribution in [-0.4, -0.2) is 69.8 Å². The number of piperidine rings is 1. The third-order valence-electron chi connectivity index (χ3n) is 10.4. The van der Waals surface area contributed by atoms with E-state index in [0.717, 1.165) is 48.5 Å². The standard InChI is InChI=1S/C32H36N2O4/c1-19-4-5-21(14-20(19)2)8-11-28(36)33(3)24-16-27-31-12-13-34(18-22-6-7-22)26(32(31,37)17-24)15-23-9-10-25(35)30(38-27)29(23)31/h4-5,9-10,14,22,24,26-27,35,37H,6-7,12-13,15-18H2,1-3H3/t24-,26-,27+,31-,32-/m1/s1. The largest absolute Gasteiger partial charge is 0.504 e. The van der Waals surface area contributed by atoms with E-state index in [1.807, 2.05) is 31.2 Å². The Kier molecular flexibility index (Phi) is 5.22. The molecule has 2 aromatic rings. The number of ether oxygens (including phenoxy) is 1. The molecule has 2 heterocycles. The number of hydrogen-bond acceptors (Lipinski definition) is 5. The Morgan fingerprint density at radius 3 is 2.79 bits per heavy atom. The minimum absolute atomic E-state index is 0.0288. The molecule has 7 rings (SSSR count). The molecule has 2 bridgehead atoms. The fourth-order valence-electron chi connectivity index (χ4n) is 7.98. The van der Waals surface area contributed by atoms with Crippen LogP contribution in [0.1, 0.15) is 59.9 Å². The fourth-order valence-corrected chi connectivity index (χ4v) is 7.98. The van der Waals surface area contributed by atoms with Crippen molar-refractivity contribution in [2.75, 3.05) is 20.1 Å². The molecule has 0 aromatic heterocycles. The van der Waals surface area contributed by atoms with Crippen molar-refractivity contribution in [3.63, 3.8) is 0 Å². The van der Waals surface area contributed by atoms with Gasteiger partial charge in [-0.2, -0.15) is 0 Å². The second-order valence-electron chi connectivity index (χ2n) is 12.4. The molecule has 2 saturated carbocycles. The Morgan fingerprint density at radius 2 is 2.03 bits per heavy atom. The molecule has 0 unspecified atom stereocenters. The van der Waals surface area contributed by atoms with Crippen LogP contribution in [0.2, 0.25) is 0 Å². The Morgan fingerprint density at radius 1 is 1.21 bits per heavy atom. The van der Waals surface area contributed by atoms with E-state index in [0.29, 0.717) is 18.6 Å². The zero-order valence-electron chi connectivity index (χ0n) is 22.5. The van der Waals surface area contributed by atoms with Crippen molar-refractivity contribution in [3.05, 3.63) is 58.1 Å². The monoisotopic (exact) mass is 512 g/mol. The molecule has 3 aliphatic carbocycles. The first kappa shape index (κ1) is 24.1. The van der Waals surface area contributed by atoms with Gasteiger partial charge in [0.05, 0.1) is 11.0 Å². The summed E-state index contributed by atoms with van der Waals surface area (Å²) < 4.78 is 6.51. The van der Waals surface area contributed by atoms with Crippen LogP contribution in [-0.2, 0) is 16.6 Å². The van der Waals surface area contributed by atoms with Gasteiger partial charge in [-0.05, 0) is 93.3 Å². The Labute approximate surface area is 224 Å². The average molecular weight is 513 g/mol. The Hall–Kier alpha value is -3.01. The summed E-state index contributed by atoms with van der Waals surface area (Å²) in [6.45, 7) is 6.06. The van der Waals surface area contributed by atoms with Crippen LogP contribution >= 0.6 is 0 Å². The molecule has 2 aromatic carbocycles. The van der Waals surface area contributed by atoms with E-state index >= 15 is 0 Å². The van der Waals surface area contributed by atoms with Gasteiger partial charge in [0.1, 0.15) is 6.10 Å². The smallest absolute Gasteiger partial charge is 0.298 e. The highest BCUT2D eigenvalue weighted by Gasteiger charge is 2.72. The van der Waals surface area contributed by atoms with Crippen molar-refractivity contribution < 1.29 is 19.7 Å². The van der Waals surface area contributed by atoms with Gasteiger partial charge >= 0.3 is 0 Å². The molecular weight excluding hydrogens is 476 g/mol. The maximum atomic E-state index is 13.3. The summed E-state index contributed by atoms with van der Waals surface area (Å²) in [6, 6.07) is 9.51. The van der Waals surface area contributed by atoms with E-state index in [-0.39, 0.29) is 29.8 Å². The third kappa shape index (κ3) is 3.31. The number of carbonyl (C=O) groups excluding carboxylic acids is 1. The first-order chi connectivity index (χ1) is 18.2. The van der Waals surface area contributed by atoms with E-state index in [2.05, 4.69) is 23.7 Å². The first-order valence-corrected chi connectivity index (χ1v) is 14.1. The van der Waals surface area contributed by atoms with E-state index in [1.165, 1.54) is 24.0 Å². The molecular formula is C32H36N2O4. The number of rotatable bonds is 3. The van der Waals surface area contributed by atoms with Gasteiger partial charge in [0.25, 0.3) is 5.91 Å². The lowest BCUT2D eigenvalue weighted by Crippen LogP contribution is -2.77. The number of phenolic OH excluding ortho intramolecular Hbond substituents is 1. The number of amides is 1. The van der Waals surface area contributed by atoms with Gasteiger partial charge in [0.15, 0.2) is 11.5 Å². The molecule has 5 aliphatic rings. The highest BCUT2D eigenvalue weighted by molar-refractivity contribution is 5.94. The normalized spacial score (nSPS) is 32.6. The molecule has 3 fully saturated rings. The maximum Gasteiger partial charge on any atom is 0.298 e. The summed E-state index contributed by atoms with van der Waals surface area (Å²) in [7, 11) is 1.80.